The zero-order valence-electron chi connectivity index (χ0n) is 14.7. The quantitative estimate of drug-likeness (QED) is 0.723. The van der Waals surface area contributed by atoms with E-state index in [1.54, 1.807) is 0 Å². The zero-order chi connectivity index (χ0) is 17.5. The predicted octanol–water partition coefficient (Wildman–Crippen LogP) is 2.92. The van der Waals surface area contributed by atoms with Crippen LogP contribution in [0.3, 0.4) is 0 Å². The third-order valence-electron chi connectivity index (χ3n) is 3.43. The Morgan fingerprint density at radius 1 is 0.913 bits per heavy atom. The van der Waals surface area contributed by atoms with Gasteiger partial charge in [0.1, 0.15) is 13.2 Å². The summed E-state index contributed by atoms with van der Waals surface area (Å²) in [5, 5.41) is 0. The van der Waals surface area contributed by atoms with E-state index >= 15 is 0 Å². The first-order valence-corrected chi connectivity index (χ1v) is 7.82. The van der Waals surface area contributed by atoms with Crippen molar-refractivity contribution < 1.29 is 19.1 Å². The molecule has 0 saturated carbocycles. The van der Waals surface area contributed by atoms with Gasteiger partial charge in [0.05, 0.1) is 13.1 Å². The number of hydrogen-bond donors (Lipinski definition) is 0. The number of carbonyl (C=O) groups is 2. The van der Waals surface area contributed by atoms with Gasteiger partial charge in [0.15, 0.2) is 0 Å². The van der Waals surface area contributed by atoms with Crippen LogP contribution >= 0.6 is 0 Å². The van der Waals surface area contributed by atoms with Crippen LogP contribution in [0.4, 0.5) is 5.69 Å². The van der Waals surface area contributed by atoms with Crippen molar-refractivity contribution in [3.63, 3.8) is 0 Å². The lowest BCUT2D eigenvalue weighted by Gasteiger charge is -2.26. The van der Waals surface area contributed by atoms with Crippen molar-refractivity contribution in [2.24, 2.45) is 0 Å². The molecule has 0 unspecified atom stereocenters. The second-order valence-electron chi connectivity index (χ2n) is 6.46. The molecule has 0 N–H and O–H groups in total. The number of benzene rings is 1. The summed E-state index contributed by atoms with van der Waals surface area (Å²) in [4.78, 5) is 23.9. The Hall–Kier alpha value is -2.04. The summed E-state index contributed by atoms with van der Waals surface area (Å²) in [7, 11) is 0. The fourth-order valence-electron chi connectivity index (χ4n) is 2.14. The number of nitrogens with zero attached hydrogens (tertiary/aromatic N) is 1. The number of ether oxygens (including phenoxy) is 2. The van der Waals surface area contributed by atoms with Crippen molar-refractivity contribution in [2.45, 2.75) is 40.0 Å². The molecule has 23 heavy (non-hydrogen) atoms. The summed E-state index contributed by atoms with van der Waals surface area (Å²) in [6, 6.07) is 8.28. The van der Waals surface area contributed by atoms with Gasteiger partial charge >= 0.3 is 11.9 Å². The first-order valence-electron chi connectivity index (χ1n) is 7.82. The highest BCUT2D eigenvalue weighted by Crippen LogP contribution is 2.24. The van der Waals surface area contributed by atoms with Gasteiger partial charge in [-0.25, -0.2) is 0 Å². The zero-order valence-corrected chi connectivity index (χ0v) is 14.7. The normalized spacial score (nSPS) is 11.0. The lowest BCUT2D eigenvalue weighted by Crippen LogP contribution is -2.32. The lowest BCUT2D eigenvalue weighted by atomic mass is 9.87. The van der Waals surface area contributed by atoms with E-state index in [-0.39, 0.29) is 17.4 Å². The molecule has 0 saturated heterocycles. The van der Waals surface area contributed by atoms with Crippen molar-refractivity contribution >= 4 is 17.6 Å². The van der Waals surface area contributed by atoms with Crippen LogP contribution < -0.4 is 4.90 Å². The second-order valence-corrected chi connectivity index (χ2v) is 6.46. The van der Waals surface area contributed by atoms with Crippen molar-refractivity contribution in [1.29, 1.82) is 0 Å². The molecule has 1 rings (SSSR count). The van der Waals surface area contributed by atoms with Crippen molar-refractivity contribution in [2.75, 3.05) is 31.2 Å². The van der Waals surface area contributed by atoms with E-state index in [1.807, 2.05) is 17.0 Å². The molecule has 0 bridgehead atoms. The molecular formula is C18H27NO4. The monoisotopic (exact) mass is 321 g/mol. The lowest BCUT2D eigenvalue weighted by molar-refractivity contribution is -0.141. The fourth-order valence-corrected chi connectivity index (χ4v) is 2.14. The third-order valence-corrected chi connectivity index (χ3v) is 3.43. The summed E-state index contributed by atoms with van der Waals surface area (Å²) in [5.41, 5.74) is 2.36. The van der Waals surface area contributed by atoms with Gasteiger partial charge in [-0.1, -0.05) is 32.9 Å². The highest BCUT2D eigenvalue weighted by Gasteiger charge is 2.14. The first kappa shape index (κ1) is 19.0. The van der Waals surface area contributed by atoms with Crippen LogP contribution in [0.1, 0.15) is 40.2 Å². The molecular weight excluding hydrogens is 294 g/mol. The molecule has 0 aliphatic carbocycles. The molecule has 0 fully saturated rings. The van der Waals surface area contributed by atoms with E-state index in [9.17, 15) is 9.59 Å². The number of hydrogen-bond acceptors (Lipinski definition) is 5. The summed E-state index contributed by atoms with van der Waals surface area (Å²) < 4.78 is 10.0. The number of rotatable bonds is 7. The predicted molar refractivity (Wildman–Crippen MR) is 90.6 cm³/mol. The maximum atomic E-state index is 10.9. The summed E-state index contributed by atoms with van der Waals surface area (Å²) in [6.45, 7) is 11.0. The fraction of sp³-hybridized carbons (Fsp3) is 0.556. The number of anilines is 1. The van der Waals surface area contributed by atoms with E-state index in [0.29, 0.717) is 26.3 Å². The van der Waals surface area contributed by atoms with Crippen LogP contribution in [0, 0.1) is 0 Å². The molecule has 5 heteroatoms. The van der Waals surface area contributed by atoms with Crippen molar-refractivity contribution in [3.05, 3.63) is 29.8 Å². The van der Waals surface area contributed by atoms with E-state index in [2.05, 4.69) is 32.9 Å². The second kappa shape index (κ2) is 8.56. The van der Waals surface area contributed by atoms with E-state index < -0.39 is 0 Å². The van der Waals surface area contributed by atoms with E-state index in [1.165, 1.54) is 19.4 Å². The Balaban J connectivity index is 2.76. The highest BCUT2D eigenvalue weighted by molar-refractivity contribution is 5.66. The Labute approximate surface area is 138 Å². The first-order chi connectivity index (χ1) is 10.7. The van der Waals surface area contributed by atoms with E-state index in [0.717, 1.165) is 5.69 Å². The Kier molecular flexibility index (Phi) is 7.07. The molecule has 5 nitrogen and oxygen atoms in total. The molecule has 1 aromatic carbocycles. The molecule has 0 aliphatic heterocycles. The Morgan fingerprint density at radius 2 is 1.35 bits per heavy atom. The smallest absolute Gasteiger partial charge is 0.302 e. The topological polar surface area (TPSA) is 55.8 Å². The molecule has 0 spiro atoms. The summed E-state index contributed by atoms with van der Waals surface area (Å²) in [5.74, 6) is -0.596. The molecule has 0 atom stereocenters. The van der Waals surface area contributed by atoms with Crippen molar-refractivity contribution in [3.8, 4) is 0 Å². The van der Waals surface area contributed by atoms with Gasteiger partial charge < -0.3 is 14.4 Å². The molecule has 0 heterocycles. The number of carbonyl (C=O) groups excluding carboxylic acids is 2. The van der Waals surface area contributed by atoms with E-state index in [4.69, 9.17) is 9.47 Å². The molecule has 1 aromatic rings. The summed E-state index contributed by atoms with van der Waals surface area (Å²) >= 11 is 0. The molecule has 0 amide bonds. The van der Waals surface area contributed by atoms with Gasteiger partial charge in [0.25, 0.3) is 0 Å². The highest BCUT2D eigenvalue weighted by atomic mass is 16.5. The van der Waals surface area contributed by atoms with Crippen LogP contribution in [-0.2, 0) is 24.5 Å². The van der Waals surface area contributed by atoms with Crippen LogP contribution in [-0.4, -0.2) is 38.2 Å². The van der Waals surface area contributed by atoms with Crippen molar-refractivity contribution in [1.82, 2.24) is 0 Å². The Morgan fingerprint density at radius 3 is 1.70 bits per heavy atom. The maximum Gasteiger partial charge on any atom is 0.302 e. The van der Waals surface area contributed by atoms with Gasteiger partial charge in [0.2, 0.25) is 0 Å². The van der Waals surface area contributed by atoms with Gasteiger partial charge in [0, 0.05) is 19.5 Å². The van der Waals surface area contributed by atoms with Gasteiger partial charge in [-0.3, -0.25) is 9.59 Å². The van der Waals surface area contributed by atoms with Gasteiger partial charge in [-0.05, 0) is 23.1 Å². The third kappa shape index (κ3) is 7.17. The molecule has 0 aromatic heterocycles. The number of esters is 2. The largest absolute Gasteiger partial charge is 0.464 e. The van der Waals surface area contributed by atoms with Crippen LogP contribution in [0.15, 0.2) is 24.3 Å². The average molecular weight is 321 g/mol. The SMILES string of the molecule is CC(=O)OCCN(CCOC(C)=O)c1ccc(C(C)(C)C)cc1. The minimum Gasteiger partial charge on any atom is -0.464 e. The van der Waals surface area contributed by atoms with Gasteiger partial charge in [-0.15, -0.1) is 0 Å². The maximum absolute atomic E-state index is 10.9. The average Bonchev–Trinajstić information content (AvgIpc) is 2.44. The standard InChI is InChI=1S/C18H27NO4/c1-14(20)22-12-10-19(11-13-23-15(2)21)17-8-6-16(7-9-17)18(3,4)5/h6-9H,10-13H2,1-5H3. The van der Waals surface area contributed by atoms with Gasteiger partial charge in [-0.2, -0.15) is 0 Å². The van der Waals surface area contributed by atoms with Crippen LogP contribution in [0.25, 0.3) is 0 Å². The minimum atomic E-state index is -0.298. The minimum absolute atomic E-state index is 0.0961. The Bertz CT molecular complexity index is 497. The molecule has 128 valence electrons. The van der Waals surface area contributed by atoms with Crippen LogP contribution in [0.5, 0.6) is 0 Å². The summed E-state index contributed by atoms with van der Waals surface area (Å²) in [6.07, 6.45) is 0. The molecule has 0 radical (unpaired) electrons. The van der Waals surface area contributed by atoms with Crippen LogP contribution in [0.2, 0.25) is 0 Å². The molecule has 0 aliphatic rings.